The van der Waals surface area contributed by atoms with E-state index in [2.05, 4.69) is 0 Å². The zero-order valence-corrected chi connectivity index (χ0v) is 12.8. The average Bonchev–Trinajstić information content (AvgIpc) is 2.72. The fourth-order valence-corrected chi connectivity index (χ4v) is 4.91. The summed E-state index contributed by atoms with van der Waals surface area (Å²) in [5.41, 5.74) is 10.1. The molecule has 108 valence electrons. The maximum atomic E-state index is 13.0. The number of hydrogen-bond acceptors (Lipinski definition) is 3. The molecule has 2 N–H and O–H groups in total. The summed E-state index contributed by atoms with van der Waals surface area (Å²) in [6, 6.07) is 14.1. The van der Waals surface area contributed by atoms with Crippen LogP contribution >= 0.6 is 0 Å². The third kappa shape index (κ3) is 2.07. The van der Waals surface area contributed by atoms with Crippen molar-refractivity contribution in [3.8, 4) is 0 Å². The molecule has 3 nitrogen and oxygen atoms in total. The first-order valence-corrected chi connectivity index (χ1v) is 8.33. The van der Waals surface area contributed by atoms with Gasteiger partial charge < -0.3 is 5.73 Å². The van der Waals surface area contributed by atoms with E-state index in [1.54, 1.807) is 30.3 Å². The van der Waals surface area contributed by atoms with Crippen molar-refractivity contribution in [2.75, 3.05) is 5.73 Å². The van der Waals surface area contributed by atoms with E-state index in [0.717, 1.165) is 22.3 Å². The van der Waals surface area contributed by atoms with Gasteiger partial charge in [0.2, 0.25) is 0 Å². The van der Waals surface area contributed by atoms with Gasteiger partial charge >= 0.3 is 0 Å². The molecule has 0 spiro atoms. The van der Waals surface area contributed by atoms with E-state index in [1.807, 2.05) is 32.0 Å². The number of fused-ring (bicyclic) bond motifs is 1. The third-order valence-corrected chi connectivity index (χ3v) is 6.29. The summed E-state index contributed by atoms with van der Waals surface area (Å²) in [5.74, 6) is 0. The molecule has 0 aliphatic heterocycles. The lowest BCUT2D eigenvalue weighted by molar-refractivity contribution is 0.589. The van der Waals surface area contributed by atoms with E-state index in [-0.39, 0.29) is 0 Å². The lowest BCUT2D eigenvalue weighted by atomic mass is 10.1. The van der Waals surface area contributed by atoms with Crippen molar-refractivity contribution in [3.05, 3.63) is 65.2 Å². The SMILES string of the molecule is CC1=C(C)C(S(=O)(=O)c2ccccc2)c2ccc(N)cc21. The zero-order valence-electron chi connectivity index (χ0n) is 12.0. The van der Waals surface area contributed by atoms with Crippen molar-refractivity contribution in [2.24, 2.45) is 0 Å². The van der Waals surface area contributed by atoms with Crippen LogP contribution in [0.25, 0.3) is 5.57 Å². The van der Waals surface area contributed by atoms with Crippen molar-refractivity contribution in [3.63, 3.8) is 0 Å². The van der Waals surface area contributed by atoms with Crippen molar-refractivity contribution in [2.45, 2.75) is 24.0 Å². The number of sulfone groups is 1. The Labute approximate surface area is 125 Å². The molecule has 1 unspecified atom stereocenters. The highest BCUT2D eigenvalue weighted by Crippen LogP contribution is 2.46. The van der Waals surface area contributed by atoms with Gasteiger partial charge in [0.1, 0.15) is 5.25 Å². The van der Waals surface area contributed by atoms with Crippen LogP contribution in [0.3, 0.4) is 0 Å². The highest BCUT2D eigenvalue weighted by molar-refractivity contribution is 7.92. The predicted molar refractivity (Wildman–Crippen MR) is 85.5 cm³/mol. The minimum atomic E-state index is -3.45. The zero-order chi connectivity index (χ0) is 15.2. The third-order valence-electron chi connectivity index (χ3n) is 4.13. The fourth-order valence-electron chi connectivity index (χ4n) is 2.92. The summed E-state index contributed by atoms with van der Waals surface area (Å²) in [6.07, 6.45) is 0. The lowest BCUT2D eigenvalue weighted by Gasteiger charge is -2.16. The molecule has 21 heavy (non-hydrogen) atoms. The smallest absolute Gasteiger partial charge is 0.189 e. The van der Waals surface area contributed by atoms with Crippen molar-refractivity contribution < 1.29 is 8.42 Å². The Balaban J connectivity index is 2.22. The van der Waals surface area contributed by atoms with Crippen molar-refractivity contribution in [1.82, 2.24) is 0 Å². The predicted octanol–water partition coefficient (Wildman–Crippen LogP) is 3.59. The second-order valence-electron chi connectivity index (χ2n) is 5.39. The maximum absolute atomic E-state index is 13.0. The molecule has 1 atom stereocenters. The Kier molecular flexibility index (Phi) is 3.14. The summed E-state index contributed by atoms with van der Waals surface area (Å²) < 4.78 is 25.9. The molecule has 1 aliphatic carbocycles. The van der Waals surface area contributed by atoms with E-state index in [4.69, 9.17) is 5.73 Å². The first-order valence-electron chi connectivity index (χ1n) is 6.79. The summed E-state index contributed by atoms with van der Waals surface area (Å²) in [4.78, 5) is 0.354. The highest BCUT2D eigenvalue weighted by Gasteiger charge is 2.37. The molecular formula is C17H17NO2S. The summed E-state index contributed by atoms with van der Waals surface area (Å²) in [5, 5.41) is -0.615. The van der Waals surface area contributed by atoms with Gasteiger partial charge in [-0.05, 0) is 60.4 Å². The van der Waals surface area contributed by atoms with Crippen LogP contribution in [-0.2, 0) is 9.84 Å². The van der Waals surface area contributed by atoms with Crippen LogP contribution in [-0.4, -0.2) is 8.42 Å². The topological polar surface area (TPSA) is 60.2 Å². The molecule has 2 aromatic carbocycles. The van der Waals surface area contributed by atoms with Crippen LogP contribution < -0.4 is 5.73 Å². The molecule has 0 radical (unpaired) electrons. The van der Waals surface area contributed by atoms with Crippen LogP contribution in [0.2, 0.25) is 0 Å². The lowest BCUT2D eigenvalue weighted by Crippen LogP contribution is -2.13. The molecule has 0 saturated carbocycles. The first kappa shape index (κ1) is 13.9. The highest BCUT2D eigenvalue weighted by atomic mass is 32.2. The van der Waals surface area contributed by atoms with Gasteiger partial charge in [0.15, 0.2) is 9.84 Å². The minimum Gasteiger partial charge on any atom is -0.399 e. The summed E-state index contributed by atoms with van der Waals surface area (Å²) >= 11 is 0. The number of allylic oxidation sites excluding steroid dienone is 1. The van der Waals surface area contributed by atoms with Gasteiger partial charge in [-0.15, -0.1) is 0 Å². The van der Waals surface area contributed by atoms with Crippen LogP contribution in [0.15, 0.2) is 59.0 Å². The van der Waals surface area contributed by atoms with Crippen molar-refractivity contribution >= 4 is 21.1 Å². The van der Waals surface area contributed by atoms with E-state index in [1.165, 1.54) is 0 Å². The molecule has 4 heteroatoms. The molecule has 0 bridgehead atoms. The second-order valence-corrected chi connectivity index (χ2v) is 7.43. The van der Waals surface area contributed by atoms with E-state index < -0.39 is 15.1 Å². The van der Waals surface area contributed by atoms with Gasteiger partial charge in [0.25, 0.3) is 0 Å². The van der Waals surface area contributed by atoms with Crippen molar-refractivity contribution in [1.29, 1.82) is 0 Å². The molecule has 0 amide bonds. The molecule has 0 fully saturated rings. The Morgan fingerprint density at radius 2 is 1.67 bits per heavy atom. The number of nitrogen functional groups attached to an aromatic ring is 1. The fraction of sp³-hybridized carbons (Fsp3) is 0.176. The van der Waals surface area contributed by atoms with E-state index in [9.17, 15) is 8.42 Å². The normalized spacial score (nSPS) is 17.9. The van der Waals surface area contributed by atoms with Gasteiger partial charge in [-0.25, -0.2) is 8.42 Å². The Morgan fingerprint density at radius 1 is 1.00 bits per heavy atom. The summed E-state index contributed by atoms with van der Waals surface area (Å²) in [6.45, 7) is 3.84. The molecule has 0 heterocycles. The number of hydrogen-bond donors (Lipinski definition) is 1. The summed E-state index contributed by atoms with van der Waals surface area (Å²) in [7, 11) is -3.45. The maximum Gasteiger partial charge on any atom is 0.189 e. The van der Waals surface area contributed by atoms with Crippen LogP contribution in [0.1, 0.15) is 30.2 Å². The molecular weight excluding hydrogens is 282 g/mol. The van der Waals surface area contributed by atoms with Gasteiger partial charge in [-0.3, -0.25) is 0 Å². The molecule has 3 rings (SSSR count). The number of rotatable bonds is 2. The average molecular weight is 299 g/mol. The molecule has 0 saturated heterocycles. The second kappa shape index (κ2) is 4.74. The quantitative estimate of drug-likeness (QED) is 0.862. The van der Waals surface area contributed by atoms with Crippen LogP contribution in [0.4, 0.5) is 5.69 Å². The van der Waals surface area contributed by atoms with Gasteiger partial charge in [0.05, 0.1) is 4.90 Å². The van der Waals surface area contributed by atoms with Gasteiger partial charge in [-0.2, -0.15) is 0 Å². The molecule has 1 aliphatic rings. The Hall–Kier alpha value is -2.07. The largest absolute Gasteiger partial charge is 0.399 e. The Morgan fingerprint density at radius 3 is 2.33 bits per heavy atom. The number of anilines is 1. The monoisotopic (exact) mass is 299 g/mol. The van der Waals surface area contributed by atoms with E-state index in [0.29, 0.717) is 10.6 Å². The van der Waals surface area contributed by atoms with Gasteiger partial charge in [0, 0.05) is 5.69 Å². The standard InChI is InChI=1S/C17H17NO2S/c1-11-12(2)17(15-9-8-13(18)10-16(11)15)21(19,20)14-6-4-3-5-7-14/h3-10,17H,18H2,1-2H3. The number of nitrogens with two attached hydrogens (primary N) is 1. The van der Waals surface area contributed by atoms with Gasteiger partial charge in [-0.1, -0.05) is 24.3 Å². The molecule has 0 aromatic heterocycles. The van der Waals surface area contributed by atoms with Crippen LogP contribution in [0.5, 0.6) is 0 Å². The minimum absolute atomic E-state index is 0.354. The molecule has 2 aromatic rings. The number of benzene rings is 2. The van der Waals surface area contributed by atoms with Crippen LogP contribution in [0, 0.1) is 0 Å². The first-order chi connectivity index (χ1) is 9.93. The van der Waals surface area contributed by atoms with E-state index >= 15 is 0 Å². The Bertz CT molecular complexity index is 836.